The van der Waals surface area contributed by atoms with Gasteiger partial charge in [-0.15, -0.1) is 0 Å². The van der Waals surface area contributed by atoms with Crippen molar-refractivity contribution in [3.8, 4) is 0 Å². The molecule has 0 radical (unpaired) electrons. The van der Waals surface area contributed by atoms with Crippen LogP contribution in [0.1, 0.15) is 32.3 Å². The molecule has 0 saturated heterocycles. The van der Waals surface area contributed by atoms with Crippen LogP contribution in [0.5, 0.6) is 0 Å². The third-order valence-electron chi connectivity index (χ3n) is 3.19. The van der Waals surface area contributed by atoms with Crippen molar-refractivity contribution in [1.82, 2.24) is 15.1 Å². The molecule has 1 aliphatic carbocycles. The molecule has 0 amide bonds. The van der Waals surface area contributed by atoms with E-state index in [9.17, 15) is 0 Å². The Morgan fingerprint density at radius 2 is 2.29 bits per heavy atom. The van der Waals surface area contributed by atoms with Crippen molar-refractivity contribution in [2.75, 3.05) is 7.05 Å². The molecule has 0 atom stereocenters. The lowest BCUT2D eigenvalue weighted by Crippen LogP contribution is -2.46. The molecule has 1 aromatic heterocycles. The highest BCUT2D eigenvalue weighted by molar-refractivity contribution is 5.03. The van der Waals surface area contributed by atoms with E-state index >= 15 is 0 Å². The molecule has 3 heteroatoms. The van der Waals surface area contributed by atoms with E-state index in [2.05, 4.69) is 36.0 Å². The van der Waals surface area contributed by atoms with Crippen LogP contribution in [0.4, 0.5) is 0 Å². The molecule has 1 saturated carbocycles. The van der Waals surface area contributed by atoms with Crippen LogP contribution in [0.2, 0.25) is 0 Å². The predicted molar refractivity (Wildman–Crippen MR) is 56.9 cm³/mol. The molecule has 1 fully saturated rings. The summed E-state index contributed by atoms with van der Waals surface area (Å²) in [6.07, 6.45) is 6.52. The lowest BCUT2D eigenvalue weighted by molar-refractivity contribution is 0.0374. The molecule has 1 heterocycles. The molecule has 2 rings (SSSR count). The first kappa shape index (κ1) is 9.71. The van der Waals surface area contributed by atoms with Gasteiger partial charge in [0.1, 0.15) is 0 Å². The summed E-state index contributed by atoms with van der Waals surface area (Å²) in [5, 5.41) is 6.80. The van der Waals surface area contributed by atoms with Gasteiger partial charge in [-0.2, -0.15) is 5.10 Å². The van der Waals surface area contributed by atoms with Crippen LogP contribution in [-0.4, -0.2) is 28.2 Å². The van der Waals surface area contributed by atoms with E-state index in [0.29, 0.717) is 5.41 Å². The van der Waals surface area contributed by atoms with Gasteiger partial charge in [0.25, 0.3) is 0 Å². The zero-order valence-electron chi connectivity index (χ0n) is 9.25. The molecule has 1 aliphatic rings. The summed E-state index contributed by atoms with van der Waals surface area (Å²) >= 11 is 0. The number of hydrogen-bond donors (Lipinski definition) is 1. The highest BCUT2D eigenvalue weighted by Crippen LogP contribution is 2.42. The molecule has 0 aromatic carbocycles. The number of hydrogen-bond acceptors (Lipinski definition) is 2. The number of aromatic nitrogens is 2. The second-order valence-electron chi connectivity index (χ2n) is 5.25. The smallest absolute Gasteiger partial charge is 0.0532 e. The number of aromatic amines is 1. The van der Waals surface area contributed by atoms with Gasteiger partial charge in [-0.25, -0.2) is 0 Å². The first-order valence-electron chi connectivity index (χ1n) is 5.25. The van der Waals surface area contributed by atoms with Crippen molar-refractivity contribution < 1.29 is 0 Å². The summed E-state index contributed by atoms with van der Waals surface area (Å²) in [5.41, 5.74) is 1.84. The third kappa shape index (κ3) is 1.98. The average molecular weight is 193 g/mol. The summed E-state index contributed by atoms with van der Waals surface area (Å²) < 4.78 is 0. The minimum atomic E-state index is 0.565. The van der Waals surface area contributed by atoms with Gasteiger partial charge < -0.3 is 0 Å². The van der Waals surface area contributed by atoms with Gasteiger partial charge >= 0.3 is 0 Å². The van der Waals surface area contributed by atoms with Crippen LogP contribution in [-0.2, 0) is 6.54 Å². The van der Waals surface area contributed by atoms with Crippen LogP contribution in [0.15, 0.2) is 12.4 Å². The van der Waals surface area contributed by atoms with Crippen molar-refractivity contribution in [2.45, 2.75) is 39.3 Å². The van der Waals surface area contributed by atoms with E-state index in [-0.39, 0.29) is 0 Å². The molecular weight excluding hydrogens is 174 g/mol. The zero-order valence-corrected chi connectivity index (χ0v) is 9.25. The summed E-state index contributed by atoms with van der Waals surface area (Å²) in [6.45, 7) is 5.70. The van der Waals surface area contributed by atoms with E-state index < -0.39 is 0 Å². The standard InChI is InChI=1S/C11H19N3/c1-11(2)4-10(5-11)14(3)8-9-6-12-13-7-9/h6-7,10H,4-5,8H2,1-3H3,(H,12,13). The number of H-pyrrole nitrogens is 1. The van der Waals surface area contributed by atoms with Crippen LogP contribution < -0.4 is 0 Å². The Morgan fingerprint density at radius 3 is 2.79 bits per heavy atom. The molecule has 0 aliphatic heterocycles. The van der Waals surface area contributed by atoms with Gasteiger partial charge in [-0.1, -0.05) is 13.8 Å². The maximum atomic E-state index is 3.96. The molecule has 0 unspecified atom stereocenters. The highest BCUT2D eigenvalue weighted by Gasteiger charge is 2.37. The largest absolute Gasteiger partial charge is 0.299 e. The topological polar surface area (TPSA) is 31.9 Å². The Morgan fingerprint density at radius 1 is 1.57 bits per heavy atom. The zero-order chi connectivity index (χ0) is 10.2. The van der Waals surface area contributed by atoms with Gasteiger partial charge in [-0.3, -0.25) is 10.00 Å². The Labute approximate surface area is 85.5 Å². The molecule has 0 bridgehead atoms. The second kappa shape index (κ2) is 3.39. The monoisotopic (exact) mass is 193 g/mol. The van der Waals surface area contributed by atoms with E-state index in [1.165, 1.54) is 18.4 Å². The fraction of sp³-hybridized carbons (Fsp3) is 0.727. The lowest BCUT2D eigenvalue weighted by Gasteiger charge is -2.47. The van der Waals surface area contributed by atoms with E-state index in [1.807, 2.05) is 12.4 Å². The minimum absolute atomic E-state index is 0.565. The third-order valence-corrected chi connectivity index (χ3v) is 3.19. The number of rotatable bonds is 3. The van der Waals surface area contributed by atoms with Crippen LogP contribution in [0.25, 0.3) is 0 Å². The van der Waals surface area contributed by atoms with Crippen molar-refractivity contribution in [3.05, 3.63) is 18.0 Å². The fourth-order valence-electron chi connectivity index (χ4n) is 2.31. The Kier molecular flexibility index (Phi) is 2.35. The molecule has 78 valence electrons. The summed E-state index contributed by atoms with van der Waals surface area (Å²) in [4.78, 5) is 2.43. The predicted octanol–water partition coefficient (Wildman–Crippen LogP) is 2.03. The maximum Gasteiger partial charge on any atom is 0.0532 e. The number of nitrogens with zero attached hydrogens (tertiary/aromatic N) is 2. The Bertz CT molecular complexity index is 281. The summed E-state index contributed by atoms with van der Waals surface area (Å²) in [5.74, 6) is 0. The highest BCUT2D eigenvalue weighted by atomic mass is 15.2. The van der Waals surface area contributed by atoms with Crippen molar-refractivity contribution in [3.63, 3.8) is 0 Å². The van der Waals surface area contributed by atoms with Crippen LogP contribution in [0.3, 0.4) is 0 Å². The molecular formula is C11H19N3. The van der Waals surface area contributed by atoms with Crippen molar-refractivity contribution in [1.29, 1.82) is 0 Å². The molecule has 0 spiro atoms. The lowest BCUT2D eigenvalue weighted by atomic mass is 9.68. The molecule has 1 aromatic rings. The van der Waals surface area contributed by atoms with Gasteiger partial charge in [0.2, 0.25) is 0 Å². The van der Waals surface area contributed by atoms with Gasteiger partial charge in [0, 0.05) is 24.3 Å². The van der Waals surface area contributed by atoms with E-state index in [1.54, 1.807) is 0 Å². The van der Waals surface area contributed by atoms with Crippen molar-refractivity contribution >= 4 is 0 Å². The number of nitrogens with one attached hydrogen (secondary N) is 1. The first-order valence-corrected chi connectivity index (χ1v) is 5.25. The first-order chi connectivity index (χ1) is 6.57. The Balaban J connectivity index is 1.83. The molecule has 3 nitrogen and oxygen atoms in total. The SMILES string of the molecule is CN(Cc1cn[nH]c1)C1CC(C)(C)C1. The van der Waals surface area contributed by atoms with Crippen LogP contribution in [0, 0.1) is 5.41 Å². The fourth-order valence-corrected chi connectivity index (χ4v) is 2.31. The quantitative estimate of drug-likeness (QED) is 0.796. The Hall–Kier alpha value is -0.830. The summed E-state index contributed by atoms with van der Waals surface area (Å²) in [6, 6.07) is 0.764. The molecule has 1 N–H and O–H groups in total. The minimum Gasteiger partial charge on any atom is -0.299 e. The van der Waals surface area contributed by atoms with Crippen molar-refractivity contribution in [2.24, 2.45) is 5.41 Å². The van der Waals surface area contributed by atoms with Gasteiger partial charge in [0.15, 0.2) is 0 Å². The normalized spacial score (nSPS) is 21.1. The molecule has 14 heavy (non-hydrogen) atoms. The van der Waals surface area contributed by atoms with Crippen LogP contribution >= 0.6 is 0 Å². The van der Waals surface area contributed by atoms with E-state index in [0.717, 1.165) is 12.6 Å². The second-order valence-corrected chi connectivity index (χ2v) is 5.25. The van der Waals surface area contributed by atoms with Gasteiger partial charge in [-0.05, 0) is 25.3 Å². The average Bonchev–Trinajstić information content (AvgIpc) is 2.52. The summed E-state index contributed by atoms with van der Waals surface area (Å²) in [7, 11) is 2.20. The van der Waals surface area contributed by atoms with Gasteiger partial charge in [0.05, 0.1) is 6.20 Å². The van der Waals surface area contributed by atoms with E-state index in [4.69, 9.17) is 0 Å². The maximum absolute atomic E-state index is 3.96.